The van der Waals surface area contributed by atoms with E-state index in [9.17, 15) is 0 Å². The molecule has 0 aliphatic heterocycles. The summed E-state index contributed by atoms with van der Waals surface area (Å²) in [5.74, 6) is 0. The van der Waals surface area contributed by atoms with Gasteiger partial charge in [-0.05, 0) is 31.1 Å². The topological polar surface area (TPSA) is 92.2 Å². The molecule has 0 aromatic heterocycles. The van der Waals surface area contributed by atoms with Gasteiger partial charge in [0.05, 0.1) is 0 Å². The number of benzene rings is 2. The molecule has 0 spiro atoms. The Bertz CT molecular complexity index is 477. The first-order valence-corrected chi connectivity index (χ1v) is 9.67. The zero-order valence-corrected chi connectivity index (χ0v) is 16.0. The fourth-order valence-electron chi connectivity index (χ4n) is 1.94. The van der Waals surface area contributed by atoms with Crippen LogP contribution < -0.4 is 29.2 Å². The molecule has 7 heteroatoms. The van der Waals surface area contributed by atoms with E-state index in [-0.39, 0.29) is 27.4 Å². The normalized spacial score (nSPS) is 10.5. The van der Waals surface area contributed by atoms with Gasteiger partial charge < -0.3 is 0 Å². The molecule has 0 saturated carbocycles. The summed E-state index contributed by atoms with van der Waals surface area (Å²) in [6.45, 7) is 2.27. The molecule has 2 aromatic rings. The molecule has 0 fully saturated rings. The van der Waals surface area contributed by atoms with E-state index in [1.165, 1.54) is 29.6 Å². The Hall–Kier alpha value is -0.377. The number of halogens is 1. The molecular formula is C16H19ClO4PRh. The average Bonchev–Trinajstić information content (AvgIpc) is 2.48. The first kappa shape index (κ1) is 22.6. The largest absolute Gasteiger partial charge is 1.00 e. The van der Waals surface area contributed by atoms with Gasteiger partial charge in [0.25, 0.3) is 0 Å². The molecule has 0 bridgehead atoms. The Kier molecular flexibility index (Phi) is 11.9. The minimum absolute atomic E-state index is 0. The van der Waals surface area contributed by atoms with E-state index < -0.39 is 10.2 Å². The van der Waals surface area contributed by atoms with Crippen molar-refractivity contribution in [1.82, 2.24) is 0 Å². The maximum atomic E-state index is 8.49. The van der Waals surface area contributed by atoms with Crippen LogP contribution >= 0.6 is 7.92 Å². The van der Waals surface area contributed by atoms with Crippen molar-refractivity contribution in [3.63, 3.8) is 0 Å². The Morgan fingerprint density at radius 2 is 1.13 bits per heavy atom. The second kappa shape index (κ2) is 12.1. The maximum Gasteiger partial charge on any atom is 1.00 e. The molecule has 0 aliphatic carbocycles. The van der Waals surface area contributed by atoms with Crippen molar-refractivity contribution in [3.05, 3.63) is 60.7 Å². The fourth-order valence-corrected chi connectivity index (χ4v) is 4.45. The maximum absolute atomic E-state index is 8.49. The van der Waals surface area contributed by atoms with Crippen molar-refractivity contribution < 1.29 is 48.4 Å². The van der Waals surface area contributed by atoms with Gasteiger partial charge in [-0.15, -0.1) is 10.2 Å². The molecule has 128 valence electrons. The minimum Gasteiger partial charge on any atom is -0.222 e. The molecule has 0 N–H and O–H groups in total. The van der Waals surface area contributed by atoms with E-state index >= 15 is 0 Å². The standard InChI is InChI=1S/C16H19P.ClHO4.Rh/c1-2-3-14-17(15-10-6-4-7-11-15)16-12-8-5-9-13-16;2-1(3,4)5;/h4-13H,2-3,14H2,1H3;(H,2,3,4,5);/q;;+1/p-1. The quantitative estimate of drug-likeness (QED) is 0.444. The van der Waals surface area contributed by atoms with Gasteiger partial charge in [0.15, 0.2) is 0 Å². The second-order valence-electron chi connectivity index (χ2n) is 4.55. The first-order valence-electron chi connectivity index (χ1n) is 6.91. The van der Waals surface area contributed by atoms with Crippen molar-refractivity contribution in [1.29, 1.82) is 0 Å². The van der Waals surface area contributed by atoms with Crippen molar-refractivity contribution in [2.24, 2.45) is 0 Å². The van der Waals surface area contributed by atoms with Crippen LogP contribution in [0.1, 0.15) is 19.8 Å². The van der Waals surface area contributed by atoms with E-state index in [1.807, 2.05) is 0 Å². The molecule has 23 heavy (non-hydrogen) atoms. The van der Waals surface area contributed by atoms with E-state index in [4.69, 9.17) is 18.6 Å². The smallest absolute Gasteiger partial charge is 0.222 e. The van der Waals surface area contributed by atoms with E-state index in [0.717, 1.165) is 0 Å². The van der Waals surface area contributed by atoms with Gasteiger partial charge in [-0.2, -0.15) is 0 Å². The van der Waals surface area contributed by atoms with Crippen molar-refractivity contribution in [2.75, 3.05) is 6.16 Å². The predicted molar refractivity (Wildman–Crippen MR) is 78.8 cm³/mol. The van der Waals surface area contributed by atoms with Gasteiger partial charge in [0.1, 0.15) is 0 Å². The third-order valence-corrected chi connectivity index (χ3v) is 5.48. The predicted octanol–water partition coefficient (Wildman–Crippen LogP) is -0.839. The summed E-state index contributed by atoms with van der Waals surface area (Å²) in [5, 5.41) is 3.00. The summed E-state index contributed by atoms with van der Waals surface area (Å²) in [5.41, 5.74) is 0. The van der Waals surface area contributed by atoms with Crippen molar-refractivity contribution >= 4 is 18.5 Å². The Labute approximate surface area is 153 Å². The SMILES string of the molecule is CCCCP(c1ccccc1)c1ccccc1.[O-][Cl+3]([O-])([O-])[O-].[Rh+]. The van der Waals surface area contributed by atoms with Crippen LogP contribution in [0.2, 0.25) is 0 Å². The molecule has 0 saturated heterocycles. The molecule has 0 atom stereocenters. The molecule has 0 unspecified atom stereocenters. The van der Waals surface area contributed by atoms with Crippen LogP contribution in [0.3, 0.4) is 0 Å². The first-order chi connectivity index (χ1) is 10.4. The molecule has 0 amide bonds. The second-order valence-corrected chi connectivity index (χ2v) is 7.65. The number of unbranched alkanes of at least 4 members (excludes halogenated alkanes) is 1. The van der Waals surface area contributed by atoms with Crippen LogP contribution in [-0.4, -0.2) is 6.16 Å². The van der Waals surface area contributed by atoms with Gasteiger partial charge in [-0.3, -0.25) is 0 Å². The summed E-state index contributed by atoms with van der Waals surface area (Å²) < 4.78 is 34.0. The molecule has 0 heterocycles. The van der Waals surface area contributed by atoms with Gasteiger partial charge in [-0.25, -0.2) is 18.6 Å². The number of rotatable bonds is 5. The number of hydrogen-bond acceptors (Lipinski definition) is 4. The Morgan fingerprint density at radius 1 is 0.783 bits per heavy atom. The van der Waals surface area contributed by atoms with Gasteiger partial charge in [0.2, 0.25) is 0 Å². The molecule has 0 aliphatic rings. The van der Waals surface area contributed by atoms with Crippen molar-refractivity contribution in [3.8, 4) is 0 Å². The molecule has 0 radical (unpaired) electrons. The molecule has 2 aromatic carbocycles. The van der Waals surface area contributed by atoms with Gasteiger partial charge >= 0.3 is 19.5 Å². The Morgan fingerprint density at radius 3 is 1.43 bits per heavy atom. The molecule has 4 nitrogen and oxygen atoms in total. The van der Waals surface area contributed by atoms with Crippen LogP contribution in [0.4, 0.5) is 0 Å². The number of hydrogen-bond donors (Lipinski definition) is 0. The molecular weight excluding hydrogens is 426 g/mol. The zero-order valence-electron chi connectivity index (χ0n) is 12.7. The average molecular weight is 445 g/mol. The van der Waals surface area contributed by atoms with E-state index in [0.29, 0.717) is 0 Å². The van der Waals surface area contributed by atoms with E-state index in [1.54, 1.807) is 0 Å². The zero-order chi connectivity index (χ0) is 16.4. The van der Waals surface area contributed by atoms with Crippen LogP contribution in [-0.2, 0) is 19.5 Å². The Balaban J connectivity index is 0.000000709. The third kappa shape index (κ3) is 10.9. The summed E-state index contributed by atoms with van der Waals surface area (Å²) >= 11 is 0. The van der Waals surface area contributed by atoms with Gasteiger partial charge in [0, 0.05) is 0 Å². The monoisotopic (exact) mass is 444 g/mol. The fraction of sp³-hybridized carbons (Fsp3) is 0.250. The molecule has 2 rings (SSSR count). The van der Waals surface area contributed by atoms with E-state index in [2.05, 4.69) is 67.6 Å². The van der Waals surface area contributed by atoms with Crippen LogP contribution in [0.25, 0.3) is 0 Å². The minimum atomic E-state index is -4.94. The summed E-state index contributed by atoms with van der Waals surface area (Å²) in [6.07, 6.45) is 3.90. The van der Waals surface area contributed by atoms with Crippen LogP contribution in [0.5, 0.6) is 0 Å². The summed E-state index contributed by atoms with van der Waals surface area (Å²) in [6, 6.07) is 21.9. The third-order valence-electron chi connectivity index (χ3n) is 2.87. The van der Waals surface area contributed by atoms with Crippen LogP contribution in [0, 0.1) is 10.2 Å². The van der Waals surface area contributed by atoms with Crippen molar-refractivity contribution in [2.45, 2.75) is 19.8 Å². The summed E-state index contributed by atoms with van der Waals surface area (Å²) in [4.78, 5) is 0. The van der Waals surface area contributed by atoms with Gasteiger partial charge in [-0.1, -0.05) is 74.0 Å². The summed E-state index contributed by atoms with van der Waals surface area (Å²) in [7, 11) is -5.10. The van der Waals surface area contributed by atoms with Crippen LogP contribution in [0.15, 0.2) is 60.7 Å².